The smallest absolute Gasteiger partial charge is 0.252 e. The van der Waals surface area contributed by atoms with E-state index in [0.717, 1.165) is 37.0 Å². The summed E-state index contributed by atoms with van der Waals surface area (Å²) in [6.45, 7) is 2.24. The average molecular weight is 430 g/mol. The zero-order valence-corrected chi connectivity index (χ0v) is 17.2. The number of carbonyl (C=O) groups excluding carboxylic acids is 1. The number of piperazine rings is 1. The normalized spacial score (nSPS) is 15.8. The van der Waals surface area contributed by atoms with E-state index in [2.05, 4.69) is 0 Å². The van der Waals surface area contributed by atoms with E-state index in [9.17, 15) is 13.2 Å². The van der Waals surface area contributed by atoms with Gasteiger partial charge >= 0.3 is 0 Å². The van der Waals surface area contributed by atoms with Gasteiger partial charge < -0.3 is 10.6 Å². The molecule has 144 valence electrons. The fourth-order valence-electron chi connectivity index (χ4n) is 2.67. The van der Waals surface area contributed by atoms with Gasteiger partial charge in [0.15, 0.2) is 0 Å². The first-order chi connectivity index (χ1) is 11.4. The zero-order valence-electron chi connectivity index (χ0n) is 14.0. The van der Waals surface area contributed by atoms with Crippen LogP contribution in [0.5, 0.6) is 0 Å². The molecular formula is C15H25Cl2N3O3S2. The van der Waals surface area contributed by atoms with Gasteiger partial charge in [0.2, 0.25) is 5.91 Å². The van der Waals surface area contributed by atoms with Crippen LogP contribution in [0.25, 0.3) is 0 Å². The van der Waals surface area contributed by atoms with Crippen LogP contribution in [0.3, 0.4) is 0 Å². The Morgan fingerprint density at radius 1 is 1.12 bits per heavy atom. The Kier molecular flexibility index (Phi) is 9.69. The summed E-state index contributed by atoms with van der Waals surface area (Å²) in [5, 5.41) is 0. The van der Waals surface area contributed by atoms with Crippen LogP contribution in [0.1, 0.15) is 32.1 Å². The highest BCUT2D eigenvalue weighted by atomic mass is 35.5. The van der Waals surface area contributed by atoms with Gasteiger partial charge in [-0.15, -0.1) is 23.7 Å². The molecule has 10 heteroatoms. The number of rotatable bonds is 8. The van der Waals surface area contributed by atoms with E-state index in [-0.39, 0.29) is 22.5 Å². The number of thiophene rings is 1. The van der Waals surface area contributed by atoms with Crippen molar-refractivity contribution in [1.82, 2.24) is 9.21 Å². The predicted octanol–water partition coefficient (Wildman–Crippen LogP) is 2.57. The average Bonchev–Trinajstić information content (AvgIpc) is 3.02. The van der Waals surface area contributed by atoms with Crippen molar-refractivity contribution in [3.05, 3.63) is 16.5 Å². The maximum atomic E-state index is 12.5. The summed E-state index contributed by atoms with van der Waals surface area (Å²) in [5.41, 5.74) is 5.44. The summed E-state index contributed by atoms with van der Waals surface area (Å²) in [7, 11) is -3.50. The van der Waals surface area contributed by atoms with Crippen LogP contribution in [0.2, 0.25) is 4.34 Å². The van der Waals surface area contributed by atoms with Crippen molar-refractivity contribution in [3.8, 4) is 0 Å². The molecular weight excluding hydrogens is 405 g/mol. The number of amides is 1. The van der Waals surface area contributed by atoms with E-state index in [1.807, 2.05) is 0 Å². The van der Waals surface area contributed by atoms with Crippen molar-refractivity contribution >= 4 is 51.3 Å². The lowest BCUT2D eigenvalue weighted by atomic mass is 10.1. The molecule has 0 radical (unpaired) electrons. The Morgan fingerprint density at radius 2 is 1.76 bits per heavy atom. The molecule has 0 unspecified atom stereocenters. The van der Waals surface area contributed by atoms with Crippen LogP contribution in [0.15, 0.2) is 16.3 Å². The highest BCUT2D eigenvalue weighted by molar-refractivity contribution is 7.91. The number of carbonyl (C=O) groups is 1. The van der Waals surface area contributed by atoms with Crippen molar-refractivity contribution in [2.24, 2.45) is 5.73 Å². The van der Waals surface area contributed by atoms with Crippen molar-refractivity contribution in [3.63, 3.8) is 0 Å². The zero-order chi connectivity index (χ0) is 17.6. The topological polar surface area (TPSA) is 83.7 Å². The minimum absolute atomic E-state index is 0. The van der Waals surface area contributed by atoms with Crippen LogP contribution in [-0.4, -0.2) is 56.3 Å². The maximum Gasteiger partial charge on any atom is 0.252 e. The Morgan fingerprint density at radius 3 is 2.32 bits per heavy atom. The van der Waals surface area contributed by atoms with Gasteiger partial charge in [-0.3, -0.25) is 4.79 Å². The van der Waals surface area contributed by atoms with Crippen LogP contribution >= 0.6 is 35.3 Å². The standard InChI is InChI=1S/C15H24ClN3O3S2.ClH/c16-13-6-7-15(23-13)24(21,22)19-11-9-18(10-12-19)14(20)5-3-1-2-4-8-17;/h6-7H,1-5,8-12,17H2;1H. The molecule has 1 aromatic heterocycles. The lowest BCUT2D eigenvalue weighted by Gasteiger charge is -2.33. The molecule has 2 rings (SSSR count). The van der Waals surface area contributed by atoms with Gasteiger partial charge in [0, 0.05) is 32.6 Å². The second kappa shape index (κ2) is 10.7. The summed E-state index contributed by atoms with van der Waals surface area (Å²) in [6.07, 6.45) is 4.45. The molecule has 0 bridgehead atoms. The fraction of sp³-hybridized carbons (Fsp3) is 0.667. The number of nitrogens with zero attached hydrogens (tertiary/aromatic N) is 2. The Balaban J connectivity index is 0.00000312. The minimum atomic E-state index is -3.50. The number of sulfonamides is 1. The second-order valence-corrected chi connectivity index (χ2v) is 9.68. The van der Waals surface area contributed by atoms with Crippen molar-refractivity contribution in [2.75, 3.05) is 32.7 Å². The molecule has 0 saturated carbocycles. The first-order valence-corrected chi connectivity index (χ1v) is 10.8. The number of halogens is 2. The monoisotopic (exact) mass is 429 g/mol. The van der Waals surface area contributed by atoms with E-state index in [1.165, 1.54) is 10.4 Å². The Labute approximate surface area is 164 Å². The summed E-state index contributed by atoms with van der Waals surface area (Å²) in [5.74, 6) is 0.110. The molecule has 1 saturated heterocycles. The summed E-state index contributed by atoms with van der Waals surface area (Å²) in [6, 6.07) is 3.12. The number of nitrogens with two attached hydrogens (primary N) is 1. The van der Waals surface area contributed by atoms with E-state index in [1.54, 1.807) is 11.0 Å². The highest BCUT2D eigenvalue weighted by Crippen LogP contribution is 2.28. The van der Waals surface area contributed by atoms with Gasteiger partial charge in [0.25, 0.3) is 10.0 Å². The third-order valence-electron chi connectivity index (χ3n) is 4.08. The third-order valence-corrected chi connectivity index (χ3v) is 7.68. The van der Waals surface area contributed by atoms with Crippen LogP contribution in [0.4, 0.5) is 0 Å². The molecule has 1 amide bonds. The number of unbranched alkanes of at least 4 members (excludes halogenated alkanes) is 3. The third kappa shape index (κ3) is 6.37. The van der Waals surface area contributed by atoms with E-state index in [4.69, 9.17) is 17.3 Å². The number of hydrogen-bond acceptors (Lipinski definition) is 5. The van der Waals surface area contributed by atoms with Crippen LogP contribution in [0, 0.1) is 0 Å². The van der Waals surface area contributed by atoms with Crippen molar-refractivity contribution < 1.29 is 13.2 Å². The van der Waals surface area contributed by atoms with Crippen LogP contribution in [-0.2, 0) is 14.8 Å². The lowest BCUT2D eigenvalue weighted by molar-refractivity contribution is -0.132. The molecule has 1 aliphatic heterocycles. The van der Waals surface area contributed by atoms with Gasteiger partial charge in [0.1, 0.15) is 4.21 Å². The van der Waals surface area contributed by atoms with Gasteiger partial charge in [-0.1, -0.05) is 24.4 Å². The quantitative estimate of drug-likeness (QED) is 0.643. The minimum Gasteiger partial charge on any atom is -0.340 e. The lowest BCUT2D eigenvalue weighted by Crippen LogP contribution is -2.50. The summed E-state index contributed by atoms with van der Waals surface area (Å²) >= 11 is 6.89. The number of hydrogen-bond donors (Lipinski definition) is 1. The SMILES string of the molecule is Cl.NCCCCCCC(=O)N1CCN(S(=O)(=O)c2ccc(Cl)s2)CC1. The molecule has 6 nitrogen and oxygen atoms in total. The molecule has 0 aliphatic carbocycles. The molecule has 0 aromatic carbocycles. The van der Waals surface area contributed by atoms with Gasteiger partial charge in [-0.2, -0.15) is 4.31 Å². The fourth-order valence-corrected chi connectivity index (χ4v) is 5.73. The van der Waals surface area contributed by atoms with Crippen molar-refractivity contribution in [2.45, 2.75) is 36.3 Å². The maximum absolute atomic E-state index is 12.5. The van der Waals surface area contributed by atoms with Crippen LogP contribution < -0.4 is 5.73 Å². The van der Waals surface area contributed by atoms with E-state index in [0.29, 0.717) is 43.5 Å². The first kappa shape index (κ1) is 22.7. The Bertz CT molecular complexity index is 644. The molecule has 0 atom stereocenters. The molecule has 25 heavy (non-hydrogen) atoms. The van der Waals surface area contributed by atoms with Gasteiger partial charge in [-0.25, -0.2) is 8.42 Å². The molecule has 1 aliphatic rings. The van der Waals surface area contributed by atoms with E-state index >= 15 is 0 Å². The molecule has 2 N–H and O–H groups in total. The summed E-state index contributed by atoms with van der Waals surface area (Å²) < 4.78 is 27.2. The van der Waals surface area contributed by atoms with Crippen molar-refractivity contribution in [1.29, 1.82) is 0 Å². The second-order valence-electron chi connectivity index (χ2n) is 5.80. The summed E-state index contributed by atoms with van der Waals surface area (Å²) in [4.78, 5) is 13.9. The predicted molar refractivity (Wildman–Crippen MR) is 104 cm³/mol. The van der Waals surface area contributed by atoms with E-state index < -0.39 is 10.0 Å². The molecule has 0 spiro atoms. The molecule has 1 aromatic rings. The molecule has 2 heterocycles. The Hall–Kier alpha value is -0.380. The largest absolute Gasteiger partial charge is 0.340 e. The van der Waals surface area contributed by atoms with Gasteiger partial charge in [-0.05, 0) is 31.5 Å². The first-order valence-electron chi connectivity index (χ1n) is 8.18. The van der Waals surface area contributed by atoms with Gasteiger partial charge in [0.05, 0.1) is 4.34 Å². The highest BCUT2D eigenvalue weighted by Gasteiger charge is 2.30. The molecule has 1 fully saturated rings.